The summed E-state index contributed by atoms with van der Waals surface area (Å²) in [4.78, 5) is -0.496. The van der Waals surface area contributed by atoms with Gasteiger partial charge in [-0.1, -0.05) is 11.6 Å². The summed E-state index contributed by atoms with van der Waals surface area (Å²) in [6.45, 7) is 0. The fourth-order valence-electron chi connectivity index (χ4n) is 1.61. The first-order valence-electron chi connectivity index (χ1n) is 6.06. The first kappa shape index (κ1) is 16.0. The van der Waals surface area contributed by atoms with E-state index in [1.54, 1.807) is 6.07 Å². The maximum atomic E-state index is 12.8. The number of nitriles is 1. The first-order chi connectivity index (χ1) is 10.4. The minimum Gasteiger partial charge on any atom is -0.360 e. The third kappa shape index (κ3) is 3.64. The fourth-order valence-corrected chi connectivity index (χ4v) is 2.81. The van der Waals surface area contributed by atoms with Crippen molar-refractivity contribution in [2.75, 3.05) is 5.32 Å². The zero-order valence-electron chi connectivity index (χ0n) is 11.1. The van der Waals surface area contributed by atoms with Gasteiger partial charge in [0.1, 0.15) is 11.9 Å². The van der Waals surface area contributed by atoms with Crippen molar-refractivity contribution in [3.05, 3.63) is 70.5 Å². The minimum atomic E-state index is -3.94. The maximum absolute atomic E-state index is 12.8. The van der Waals surface area contributed by atoms with E-state index >= 15 is 0 Å². The van der Waals surface area contributed by atoms with Crippen LogP contribution in [0, 0.1) is 17.1 Å². The van der Waals surface area contributed by atoms with E-state index in [4.69, 9.17) is 16.9 Å². The van der Waals surface area contributed by atoms with Gasteiger partial charge in [-0.3, -0.25) is 0 Å². The number of halogens is 2. The molecule has 7 heteroatoms. The van der Waals surface area contributed by atoms with E-state index in [0.717, 1.165) is 6.20 Å². The van der Waals surface area contributed by atoms with Crippen LogP contribution in [0.25, 0.3) is 0 Å². The largest absolute Gasteiger partial charge is 0.360 e. The number of hydrogen-bond donors (Lipinski definition) is 1. The van der Waals surface area contributed by atoms with Crippen molar-refractivity contribution in [2.45, 2.75) is 4.90 Å². The van der Waals surface area contributed by atoms with Crippen LogP contribution in [0.4, 0.5) is 10.1 Å². The third-order valence-corrected chi connectivity index (χ3v) is 4.67. The predicted molar refractivity (Wildman–Crippen MR) is 82.4 cm³/mol. The van der Waals surface area contributed by atoms with E-state index in [0.29, 0.717) is 10.7 Å². The van der Waals surface area contributed by atoms with Crippen LogP contribution in [0.1, 0.15) is 0 Å². The number of benzene rings is 2. The SMILES string of the molecule is N#CC(=CNc1ccc(F)cc1)S(=O)(=O)c1ccc(Cl)cc1. The Morgan fingerprint density at radius 3 is 2.27 bits per heavy atom. The van der Waals surface area contributed by atoms with Crippen LogP contribution in [0.3, 0.4) is 0 Å². The van der Waals surface area contributed by atoms with Gasteiger partial charge in [0, 0.05) is 16.9 Å². The lowest BCUT2D eigenvalue weighted by Crippen LogP contribution is -2.05. The highest BCUT2D eigenvalue weighted by Crippen LogP contribution is 2.21. The molecule has 2 rings (SSSR count). The highest BCUT2D eigenvalue weighted by Gasteiger charge is 2.20. The number of anilines is 1. The zero-order chi connectivity index (χ0) is 16.2. The average Bonchev–Trinajstić information content (AvgIpc) is 2.50. The molecule has 0 saturated carbocycles. The summed E-state index contributed by atoms with van der Waals surface area (Å²) in [5.74, 6) is -0.413. The van der Waals surface area contributed by atoms with Crippen molar-refractivity contribution in [3.8, 4) is 6.07 Å². The fraction of sp³-hybridized carbons (Fsp3) is 0. The quantitative estimate of drug-likeness (QED) is 0.864. The van der Waals surface area contributed by atoms with Crippen molar-refractivity contribution >= 4 is 27.1 Å². The Morgan fingerprint density at radius 2 is 1.73 bits per heavy atom. The molecule has 0 fully saturated rings. The number of allylic oxidation sites excluding steroid dienone is 1. The highest BCUT2D eigenvalue weighted by molar-refractivity contribution is 7.95. The van der Waals surface area contributed by atoms with E-state index in [-0.39, 0.29) is 4.90 Å². The van der Waals surface area contributed by atoms with E-state index in [1.807, 2.05) is 0 Å². The van der Waals surface area contributed by atoms with Gasteiger partial charge < -0.3 is 5.32 Å². The van der Waals surface area contributed by atoms with Crippen molar-refractivity contribution in [1.29, 1.82) is 5.26 Å². The monoisotopic (exact) mass is 336 g/mol. The normalized spacial score (nSPS) is 11.8. The van der Waals surface area contributed by atoms with Crippen LogP contribution in [0.5, 0.6) is 0 Å². The maximum Gasteiger partial charge on any atom is 0.218 e. The van der Waals surface area contributed by atoms with Crippen LogP contribution in [0.15, 0.2) is 64.5 Å². The topological polar surface area (TPSA) is 70.0 Å². The second-order valence-corrected chi connectivity index (χ2v) is 6.58. The van der Waals surface area contributed by atoms with Crippen LogP contribution in [-0.4, -0.2) is 8.42 Å². The molecule has 0 unspecified atom stereocenters. The number of hydrogen-bond acceptors (Lipinski definition) is 4. The summed E-state index contributed by atoms with van der Waals surface area (Å²) in [6, 6.07) is 12.4. The molecule has 22 heavy (non-hydrogen) atoms. The van der Waals surface area contributed by atoms with Gasteiger partial charge in [0.05, 0.1) is 4.90 Å². The van der Waals surface area contributed by atoms with E-state index < -0.39 is 20.6 Å². The van der Waals surface area contributed by atoms with Crippen molar-refractivity contribution < 1.29 is 12.8 Å². The Hall–Kier alpha value is -2.36. The molecule has 0 aliphatic carbocycles. The van der Waals surface area contributed by atoms with Gasteiger partial charge in [-0.25, -0.2) is 12.8 Å². The molecular formula is C15H10ClFN2O2S. The van der Waals surface area contributed by atoms with Crippen LogP contribution in [-0.2, 0) is 9.84 Å². The standard InChI is InChI=1S/C15H10ClFN2O2S/c16-11-1-7-14(8-2-11)22(20,21)15(9-18)10-19-13-5-3-12(17)4-6-13/h1-8,10,19H. The van der Waals surface area contributed by atoms with Crippen molar-refractivity contribution in [1.82, 2.24) is 0 Å². The summed E-state index contributed by atoms with van der Waals surface area (Å²) in [6.07, 6.45) is 1.07. The Balaban J connectivity index is 2.30. The summed E-state index contributed by atoms with van der Waals surface area (Å²) in [5, 5.41) is 12.1. The molecule has 4 nitrogen and oxygen atoms in total. The van der Waals surface area contributed by atoms with Crippen molar-refractivity contribution in [3.63, 3.8) is 0 Å². The van der Waals surface area contributed by atoms with Crippen LogP contribution >= 0.6 is 11.6 Å². The molecular weight excluding hydrogens is 327 g/mol. The van der Waals surface area contributed by atoms with Gasteiger partial charge in [-0.15, -0.1) is 0 Å². The van der Waals surface area contributed by atoms with Gasteiger partial charge in [-0.2, -0.15) is 5.26 Å². The van der Waals surface area contributed by atoms with Gasteiger partial charge in [0.2, 0.25) is 9.84 Å². The van der Waals surface area contributed by atoms with Crippen LogP contribution in [0.2, 0.25) is 5.02 Å². The second kappa shape index (κ2) is 6.60. The summed E-state index contributed by atoms with van der Waals surface area (Å²) in [7, 11) is -3.94. The molecule has 0 heterocycles. The van der Waals surface area contributed by atoms with Gasteiger partial charge in [-0.05, 0) is 48.5 Å². The lowest BCUT2D eigenvalue weighted by molar-refractivity contribution is 0.603. The first-order valence-corrected chi connectivity index (χ1v) is 7.92. The Labute approximate surface area is 132 Å². The molecule has 0 atom stereocenters. The summed E-state index contributed by atoms with van der Waals surface area (Å²) >= 11 is 5.71. The molecule has 2 aromatic carbocycles. The molecule has 2 aromatic rings. The predicted octanol–water partition coefficient (Wildman–Crippen LogP) is 3.73. The highest BCUT2D eigenvalue weighted by atomic mass is 35.5. The smallest absolute Gasteiger partial charge is 0.218 e. The molecule has 0 aliphatic rings. The Bertz CT molecular complexity index is 839. The van der Waals surface area contributed by atoms with Gasteiger partial charge in [0.15, 0.2) is 4.91 Å². The Morgan fingerprint density at radius 1 is 1.14 bits per heavy atom. The second-order valence-electron chi connectivity index (χ2n) is 4.23. The Kier molecular flexibility index (Phi) is 4.81. The summed E-state index contributed by atoms with van der Waals surface area (Å²) < 4.78 is 37.4. The number of nitrogens with zero attached hydrogens (tertiary/aromatic N) is 1. The molecule has 1 N–H and O–H groups in total. The van der Waals surface area contributed by atoms with E-state index in [2.05, 4.69) is 5.32 Å². The number of sulfone groups is 1. The van der Waals surface area contributed by atoms with Gasteiger partial charge >= 0.3 is 0 Å². The van der Waals surface area contributed by atoms with E-state index in [1.165, 1.54) is 48.5 Å². The minimum absolute atomic E-state index is 0.0365. The zero-order valence-corrected chi connectivity index (χ0v) is 12.7. The molecule has 0 aromatic heterocycles. The van der Waals surface area contributed by atoms with Crippen LogP contribution < -0.4 is 5.32 Å². The third-order valence-electron chi connectivity index (χ3n) is 2.74. The van der Waals surface area contributed by atoms with E-state index in [9.17, 15) is 12.8 Å². The molecule has 0 radical (unpaired) electrons. The molecule has 0 aliphatic heterocycles. The molecule has 0 amide bonds. The molecule has 0 spiro atoms. The van der Waals surface area contributed by atoms with Gasteiger partial charge in [0.25, 0.3) is 0 Å². The lowest BCUT2D eigenvalue weighted by Gasteiger charge is -2.05. The lowest BCUT2D eigenvalue weighted by atomic mass is 10.3. The molecule has 0 saturated heterocycles. The average molecular weight is 337 g/mol. The molecule has 112 valence electrons. The molecule has 0 bridgehead atoms. The van der Waals surface area contributed by atoms with Crippen molar-refractivity contribution in [2.24, 2.45) is 0 Å². The summed E-state index contributed by atoms with van der Waals surface area (Å²) in [5.41, 5.74) is 0.459. The number of rotatable bonds is 4. The number of nitrogens with one attached hydrogen (secondary N) is 1.